The monoisotopic (exact) mass is 261 g/mol. The highest BCUT2D eigenvalue weighted by atomic mass is 16.1. The van der Waals surface area contributed by atoms with E-state index >= 15 is 0 Å². The highest BCUT2D eigenvalue weighted by Crippen LogP contribution is 2.15. The third-order valence-corrected chi connectivity index (χ3v) is 3.88. The van der Waals surface area contributed by atoms with Crippen LogP contribution in [-0.2, 0) is 4.79 Å². The molecule has 104 valence electrons. The average Bonchev–Trinajstić information content (AvgIpc) is 2.37. The van der Waals surface area contributed by atoms with Crippen molar-refractivity contribution < 1.29 is 4.79 Å². The number of para-hydroxylation sites is 1. The normalized spacial score (nSPS) is 16.5. The summed E-state index contributed by atoms with van der Waals surface area (Å²) in [5, 5.41) is 6.23. The number of rotatable bonds is 6. The van der Waals surface area contributed by atoms with Crippen molar-refractivity contribution in [2.24, 2.45) is 11.8 Å². The van der Waals surface area contributed by atoms with E-state index in [0.717, 1.165) is 19.6 Å². The fourth-order valence-electron chi connectivity index (χ4n) is 2.20. The van der Waals surface area contributed by atoms with Crippen molar-refractivity contribution in [3.05, 3.63) is 30.3 Å². The summed E-state index contributed by atoms with van der Waals surface area (Å²) in [5.41, 5.74) is 1.17. The molecule has 1 aromatic rings. The molecule has 0 spiro atoms. The van der Waals surface area contributed by atoms with E-state index in [4.69, 9.17) is 0 Å². The van der Waals surface area contributed by atoms with E-state index in [9.17, 15) is 4.79 Å². The van der Waals surface area contributed by atoms with E-state index < -0.39 is 0 Å². The summed E-state index contributed by atoms with van der Waals surface area (Å²) < 4.78 is 0. The number of nitrogens with one attached hydrogen (secondary N) is 2. The second kappa shape index (κ2) is 6.57. The number of carbonyl (C=O) groups is 1. The van der Waals surface area contributed by atoms with Crippen LogP contribution in [0.5, 0.6) is 0 Å². The lowest BCUT2D eigenvalue weighted by molar-refractivity contribution is -0.126. The number of likely N-dealkylation sites (N-methyl/N-ethyl adjacent to an activating group) is 1. The van der Waals surface area contributed by atoms with Crippen molar-refractivity contribution in [2.45, 2.75) is 6.92 Å². The van der Waals surface area contributed by atoms with E-state index in [0.29, 0.717) is 12.5 Å². The largest absolute Gasteiger partial charge is 0.373 e. The van der Waals surface area contributed by atoms with Gasteiger partial charge in [0.25, 0.3) is 0 Å². The van der Waals surface area contributed by atoms with Gasteiger partial charge in [0, 0.05) is 31.7 Å². The Labute approximate surface area is 115 Å². The molecule has 1 aliphatic heterocycles. The van der Waals surface area contributed by atoms with Gasteiger partial charge in [-0.05, 0) is 31.1 Å². The summed E-state index contributed by atoms with van der Waals surface area (Å²) in [5.74, 6) is 0.795. The number of carbonyl (C=O) groups excluding carboxylic acids is 1. The zero-order valence-corrected chi connectivity index (χ0v) is 11.7. The molecule has 1 aliphatic rings. The standard InChI is InChI=1S/C15H23N3O/c1-12(13-10-16-11-13)15(19)17-8-9-18(2)14-6-4-3-5-7-14/h3-7,12-13,16H,8-11H2,1-2H3,(H,17,19). The van der Waals surface area contributed by atoms with Crippen molar-refractivity contribution in [1.29, 1.82) is 0 Å². The number of amides is 1. The van der Waals surface area contributed by atoms with E-state index in [1.54, 1.807) is 0 Å². The van der Waals surface area contributed by atoms with E-state index in [2.05, 4.69) is 27.7 Å². The van der Waals surface area contributed by atoms with Crippen molar-refractivity contribution in [2.75, 3.05) is 38.1 Å². The number of hydrogen-bond acceptors (Lipinski definition) is 3. The van der Waals surface area contributed by atoms with Crippen molar-refractivity contribution in [1.82, 2.24) is 10.6 Å². The molecule has 1 heterocycles. The number of anilines is 1. The molecule has 1 fully saturated rings. The maximum absolute atomic E-state index is 11.9. The Morgan fingerprint density at radius 1 is 1.42 bits per heavy atom. The Kier molecular flexibility index (Phi) is 4.80. The lowest BCUT2D eigenvalue weighted by atomic mass is 9.88. The van der Waals surface area contributed by atoms with Crippen molar-refractivity contribution in [3.63, 3.8) is 0 Å². The second-order valence-electron chi connectivity index (χ2n) is 5.26. The van der Waals surface area contributed by atoms with Crippen LogP contribution in [0.4, 0.5) is 5.69 Å². The fourth-order valence-corrected chi connectivity index (χ4v) is 2.20. The first-order valence-electron chi connectivity index (χ1n) is 6.93. The van der Waals surface area contributed by atoms with Crippen LogP contribution in [0.15, 0.2) is 30.3 Å². The molecule has 0 bridgehead atoms. The van der Waals surface area contributed by atoms with Gasteiger partial charge in [-0.25, -0.2) is 0 Å². The zero-order valence-electron chi connectivity index (χ0n) is 11.7. The highest BCUT2D eigenvalue weighted by molar-refractivity contribution is 5.78. The van der Waals surface area contributed by atoms with Gasteiger partial charge in [0.15, 0.2) is 0 Å². The first kappa shape index (κ1) is 13.9. The Balaban J connectivity index is 1.69. The van der Waals surface area contributed by atoms with Gasteiger partial charge in [0.1, 0.15) is 0 Å². The molecule has 2 N–H and O–H groups in total. The Morgan fingerprint density at radius 2 is 2.11 bits per heavy atom. The smallest absolute Gasteiger partial charge is 0.223 e. The maximum atomic E-state index is 11.9. The second-order valence-corrected chi connectivity index (χ2v) is 5.26. The van der Waals surface area contributed by atoms with Gasteiger partial charge in [-0.3, -0.25) is 4.79 Å². The Morgan fingerprint density at radius 3 is 2.68 bits per heavy atom. The lowest BCUT2D eigenvalue weighted by Gasteiger charge is -2.31. The molecule has 1 saturated heterocycles. The fraction of sp³-hybridized carbons (Fsp3) is 0.533. The molecular weight excluding hydrogens is 238 g/mol. The van der Waals surface area contributed by atoms with Crippen LogP contribution in [0.2, 0.25) is 0 Å². The topological polar surface area (TPSA) is 44.4 Å². The molecule has 0 saturated carbocycles. The number of benzene rings is 1. The molecule has 4 nitrogen and oxygen atoms in total. The predicted octanol–water partition coefficient (Wildman–Crippen LogP) is 1.09. The molecule has 1 amide bonds. The molecule has 1 unspecified atom stereocenters. The molecule has 19 heavy (non-hydrogen) atoms. The summed E-state index contributed by atoms with van der Waals surface area (Å²) in [6.07, 6.45) is 0. The minimum Gasteiger partial charge on any atom is -0.373 e. The van der Waals surface area contributed by atoms with Gasteiger partial charge >= 0.3 is 0 Å². The molecular formula is C15H23N3O. The number of hydrogen-bond donors (Lipinski definition) is 2. The van der Waals surface area contributed by atoms with Crippen LogP contribution in [0, 0.1) is 11.8 Å². The number of nitrogens with zero attached hydrogens (tertiary/aromatic N) is 1. The van der Waals surface area contributed by atoms with Gasteiger partial charge in [0.2, 0.25) is 5.91 Å². The quantitative estimate of drug-likeness (QED) is 0.806. The Bertz CT molecular complexity index is 403. The van der Waals surface area contributed by atoms with Crippen molar-refractivity contribution >= 4 is 11.6 Å². The molecule has 4 heteroatoms. The average molecular weight is 261 g/mol. The van der Waals surface area contributed by atoms with Crippen LogP contribution in [-0.4, -0.2) is 39.1 Å². The first-order chi connectivity index (χ1) is 9.18. The van der Waals surface area contributed by atoms with Crippen LogP contribution < -0.4 is 15.5 Å². The maximum Gasteiger partial charge on any atom is 0.223 e. The van der Waals surface area contributed by atoms with E-state index in [1.807, 2.05) is 32.2 Å². The molecule has 1 atom stereocenters. The van der Waals surface area contributed by atoms with Gasteiger partial charge in [-0.2, -0.15) is 0 Å². The molecule has 0 radical (unpaired) electrons. The van der Waals surface area contributed by atoms with Crippen LogP contribution in [0.1, 0.15) is 6.92 Å². The van der Waals surface area contributed by atoms with Crippen LogP contribution in [0.3, 0.4) is 0 Å². The molecule has 0 aliphatic carbocycles. The van der Waals surface area contributed by atoms with E-state index in [-0.39, 0.29) is 11.8 Å². The van der Waals surface area contributed by atoms with E-state index in [1.165, 1.54) is 5.69 Å². The minimum atomic E-state index is 0.114. The SMILES string of the molecule is CC(C(=O)NCCN(C)c1ccccc1)C1CNC1. The Hall–Kier alpha value is -1.55. The van der Waals surface area contributed by atoms with Crippen LogP contribution >= 0.6 is 0 Å². The summed E-state index contributed by atoms with van der Waals surface area (Å²) >= 11 is 0. The van der Waals surface area contributed by atoms with Gasteiger partial charge in [0.05, 0.1) is 0 Å². The van der Waals surface area contributed by atoms with Gasteiger partial charge in [-0.1, -0.05) is 25.1 Å². The minimum absolute atomic E-state index is 0.114. The molecule has 0 aromatic heterocycles. The van der Waals surface area contributed by atoms with Gasteiger partial charge < -0.3 is 15.5 Å². The zero-order chi connectivity index (χ0) is 13.7. The third-order valence-electron chi connectivity index (χ3n) is 3.88. The molecule has 2 rings (SSSR count). The summed E-state index contributed by atoms with van der Waals surface area (Å²) in [6, 6.07) is 10.2. The summed E-state index contributed by atoms with van der Waals surface area (Å²) in [6.45, 7) is 5.47. The lowest BCUT2D eigenvalue weighted by Crippen LogP contribution is -2.50. The van der Waals surface area contributed by atoms with Crippen molar-refractivity contribution in [3.8, 4) is 0 Å². The van der Waals surface area contributed by atoms with Crippen LogP contribution in [0.25, 0.3) is 0 Å². The predicted molar refractivity (Wildman–Crippen MR) is 78.2 cm³/mol. The highest BCUT2D eigenvalue weighted by Gasteiger charge is 2.28. The molecule has 1 aromatic carbocycles. The third kappa shape index (κ3) is 3.70. The first-order valence-corrected chi connectivity index (χ1v) is 6.93. The summed E-state index contributed by atoms with van der Waals surface area (Å²) in [4.78, 5) is 14.1. The summed E-state index contributed by atoms with van der Waals surface area (Å²) in [7, 11) is 2.04. The van der Waals surface area contributed by atoms with Gasteiger partial charge in [-0.15, -0.1) is 0 Å².